The summed E-state index contributed by atoms with van der Waals surface area (Å²) in [4.78, 5) is 10.4. The summed E-state index contributed by atoms with van der Waals surface area (Å²) in [6.07, 6.45) is 0. The first-order valence-electron chi connectivity index (χ1n) is 6.24. The lowest BCUT2D eigenvalue weighted by molar-refractivity contribution is -0.384. The highest BCUT2D eigenvalue weighted by Gasteiger charge is 2.11. The number of nitro benzene ring substituents is 1. The Balaban J connectivity index is 2.21. The third-order valence-corrected chi connectivity index (χ3v) is 3.38. The molecular weight excluding hydrogens is 276 g/mol. The number of nitro groups is 1. The van der Waals surface area contributed by atoms with E-state index in [1.54, 1.807) is 12.1 Å². The first-order chi connectivity index (χ1) is 9.47. The molecule has 2 rings (SSSR count). The second-order valence-corrected chi connectivity index (χ2v) is 5.11. The van der Waals surface area contributed by atoms with Crippen molar-refractivity contribution < 1.29 is 4.92 Å². The van der Waals surface area contributed by atoms with Gasteiger partial charge in [0.15, 0.2) is 0 Å². The van der Waals surface area contributed by atoms with Gasteiger partial charge in [-0.05, 0) is 43.2 Å². The standard InChI is InChI=1S/C15H15ClN2O2/c1-10-8-13(16)6-7-15(10)17-11(2)12-4-3-5-14(9-12)18(19)20/h3-9,11,17H,1-2H3. The van der Waals surface area contributed by atoms with Crippen molar-refractivity contribution in [1.29, 1.82) is 0 Å². The van der Waals surface area contributed by atoms with Crippen LogP contribution in [0.25, 0.3) is 0 Å². The monoisotopic (exact) mass is 290 g/mol. The van der Waals surface area contributed by atoms with E-state index in [1.165, 1.54) is 6.07 Å². The van der Waals surface area contributed by atoms with Gasteiger partial charge in [-0.25, -0.2) is 0 Å². The maximum absolute atomic E-state index is 10.8. The van der Waals surface area contributed by atoms with E-state index < -0.39 is 0 Å². The Kier molecular flexibility index (Phi) is 4.25. The van der Waals surface area contributed by atoms with Crippen LogP contribution in [0.2, 0.25) is 5.02 Å². The van der Waals surface area contributed by atoms with Crippen LogP contribution in [0.1, 0.15) is 24.1 Å². The zero-order valence-electron chi connectivity index (χ0n) is 11.3. The molecule has 0 bridgehead atoms. The molecule has 0 spiro atoms. The number of nitrogens with zero attached hydrogens (tertiary/aromatic N) is 1. The van der Waals surface area contributed by atoms with Crippen LogP contribution in [-0.2, 0) is 0 Å². The average Bonchev–Trinajstić information content (AvgIpc) is 2.42. The number of rotatable bonds is 4. The molecule has 0 saturated heterocycles. The van der Waals surface area contributed by atoms with Crippen LogP contribution in [0.4, 0.5) is 11.4 Å². The minimum absolute atomic E-state index is 0.0326. The van der Waals surface area contributed by atoms with E-state index in [0.29, 0.717) is 5.02 Å². The Morgan fingerprint density at radius 1 is 1.25 bits per heavy atom. The van der Waals surface area contributed by atoms with Crippen molar-refractivity contribution in [2.24, 2.45) is 0 Å². The molecule has 104 valence electrons. The summed E-state index contributed by atoms with van der Waals surface area (Å²) in [6, 6.07) is 12.2. The van der Waals surface area contributed by atoms with E-state index in [-0.39, 0.29) is 16.7 Å². The number of nitrogens with one attached hydrogen (secondary N) is 1. The van der Waals surface area contributed by atoms with Gasteiger partial charge in [0.2, 0.25) is 0 Å². The average molecular weight is 291 g/mol. The zero-order chi connectivity index (χ0) is 14.7. The number of anilines is 1. The lowest BCUT2D eigenvalue weighted by Crippen LogP contribution is -2.08. The van der Waals surface area contributed by atoms with Gasteiger partial charge in [0.05, 0.1) is 4.92 Å². The SMILES string of the molecule is Cc1cc(Cl)ccc1NC(C)c1cccc([N+](=O)[O-])c1. The van der Waals surface area contributed by atoms with E-state index in [1.807, 2.05) is 38.1 Å². The Morgan fingerprint density at radius 3 is 2.65 bits per heavy atom. The fourth-order valence-corrected chi connectivity index (χ4v) is 2.24. The van der Waals surface area contributed by atoms with Crippen molar-refractivity contribution in [3.05, 3.63) is 68.7 Å². The van der Waals surface area contributed by atoms with Gasteiger partial charge in [0.1, 0.15) is 0 Å². The Hall–Kier alpha value is -2.07. The first-order valence-corrected chi connectivity index (χ1v) is 6.62. The largest absolute Gasteiger partial charge is 0.378 e. The van der Waals surface area contributed by atoms with Crippen molar-refractivity contribution >= 4 is 23.0 Å². The van der Waals surface area contributed by atoms with Gasteiger partial charge < -0.3 is 5.32 Å². The van der Waals surface area contributed by atoms with E-state index >= 15 is 0 Å². The van der Waals surface area contributed by atoms with Gasteiger partial charge >= 0.3 is 0 Å². The van der Waals surface area contributed by atoms with Crippen LogP contribution in [0.3, 0.4) is 0 Å². The summed E-state index contributed by atoms with van der Waals surface area (Å²) in [6.45, 7) is 3.93. The number of hydrogen-bond acceptors (Lipinski definition) is 3. The van der Waals surface area contributed by atoms with Gasteiger partial charge in [0, 0.05) is 28.9 Å². The van der Waals surface area contributed by atoms with Crippen LogP contribution in [0.15, 0.2) is 42.5 Å². The van der Waals surface area contributed by atoms with Crippen LogP contribution in [0, 0.1) is 17.0 Å². The Labute approximate surface area is 122 Å². The third kappa shape index (κ3) is 3.27. The topological polar surface area (TPSA) is 55.2 Å². The third-order valence-electron chi connectivity index (χ3n) is 3.14. The fourth-order valence-electron chi connectivity index (χ4n) is 2.01. The molecule has 0 aliphatic carbocycles. The van der Waals surface area contributed by atoms with E-state index in [0.717, 1.165) is 16.8 Å². The summed E-state index contributed by atoms with van der Waals surface area (Å²) < 4.78 is 0. The lowest BCUT2D eigenvalue weighted by atomic mass is 10.1. The molecule has 0 saturated carbocycles. The molecule has 4 nitrogen and oxygen atoms in total. The molecule has 1 atom stereocenters. The molecule has 5 heteroatoms. The molecule has 1 unspecified atom stereocenters. The predicted molar refractivity (Wildman–Crippen MR) is 81.3 cm³/mol. The quantitative estimate of drug-likeness (QED) is 0.654. The second kappa shape index (κ2) is 5.92. The number of halogens is 1. The maximum Gasteiger partial charge on any atom is 0.269 e. The molecule has 0 fully saturated rings. The van der Waals surface area contributed by atoms with Gasteiger partial charge in [-0.2, -0.15) is 0 Å². The second-order valence-electron chi connectivity index (χ2n) is 4.68. The summed E-state index contributed by atoms with van der Waals surface area (Å²) in [5.74, 6) is 0. The van der Waals surface area contributed by atoms with Crippen LogP contribution in [0.5, 0.6) is 0 Å². The molecule has 0 amide bonds. The summed E-state index contributed by atoms with van der Waals surface area (Å²) in [5.41, 5.74) is 2.97. The van der Waals surface area contributed by atoms with Gasteiger partial charge in [-0.3, -0.25) is 10.1 Å². The zero-order valence-corrected chi connectivity index (χ0v) is 12.0. The smallest absolute Gasteiger partial charge is 0.269 e. The Bertz CT molecular complexity index is 644. The molecule has 1 N–H and O–H groups in total. The molecule has 0 aromatic heterocycles. The van der Waals surface area contributed by atoms with Crippen molar-refractivity contribution in [1.82, 2.24) is 0 Å². The summed E-state index contributed by atoms with van der Waals surface area (Å²) in [5, 5.41) is 14.8. The molecule has 0 radical (unpaired) electrons. The number of aryl methyl sites for hydroxylation is 1. The minimum atomic E-state index is -0.385. The van der Waals surface area contributed by atoms with Crippen LogP contribution < -0.4 is 5.32 Å². The molecule has 0 aliphatic heterocycles. The first kappa shape index (κ1) is 14.3. The van der Waals surface area contributed by atoms with Crippen molar-refractivity contribution in [3.8, 4) is 0 Å². The van der Waals surface area contributed by atoms with E-state index in [2.05, 4.69) is 5.32 Å². The highest BCUT2D eigenvalue weighted by Crippen LogP contribution is 2.26. The van der Waals surface area contributed by atoms with E-state index in [4.69, 9.17) is 11.6 Å². The van der Waals surface area contributed by atoms with Crippen molar-refractivity contribution in [2.45, 2.75) is 19.9 Å². The molecule has 0 heterocycles. The van der Waals surface area contributed by atoms with Gasteiger partial charge in [0.25, 0.3) is 5.69 Å². The van der Waals surface area contributed by atoms with Crippen molar-refractivity contribution in [2.75, 3.05) is 5.32 Å². The molecule has 0 aliphatic rings. The van der Waals surface area contributed by atoms with Gasteiger partial charge in [-0.1, -0.05) is 23.7 Å². The lowest BCUT2D eigenvalue weighted by Gasteiger charge is -2.17. The molecule has 2 aromatic carbocycles. The minimum Gasteiger partial charge on any atom is -0.378 e. The Morgan fingerprint density at radius 2 is 2.00 bits per heavy atom. The molecule has 2 aromatic rings. The van der Waals surface area contributed by atoms with Crippen LogP contribution >= 0.6 is 11.6 Å². The summed E-state index contributed by atoms with van der Waals surface area (Å²) in [7, 11) is 0. The predicted octanol–water partition coefficient (Wildman–Crippen LogP) is 4.73. The maximum atomic E-state index is 10.8. The van der Waals surface area contributed by atoms with E-state index in [9.17, 15) is 10.1 Å². The number of benzene rings is 2. The highest BCUT2D eigenvalue weighted by atomic mass is 35.5. The normalized spacial score (nSPS) is 11.9. The van der Waals surface area contributed by atoms with Gasteiger partial charge in [-0.15, -0.1) is 0 Å². The number of hydrogen-bond donors (Lipinski definition) is 1. The van der Waals surface area contributed by atoms with Crippen molar-refractivity contribution in [3.63, 3.8) is 0 Å². The fraction of sp³-hybridized carbons (Fsp3) is 0.200. The molecular formula is C15H15ClN2O2. The highest BCUT2D eigenvalue weighted by molar-refractivity contribution is 6.30. The molecule has 20 heavy (non-hydrogen) atoms. The van der Waals surface area contributed by atoms with Crippen LogP contribution in [-0.4, -0.2) is 4.92 Å². The number of non-ortho nitro benzene ring substituents is 1. The summed E-state index contributed by atoms with van der Waals surface area (Å²) >= 11 is 5.92.